The molecule has 0 radical (unpaired) electrons. The van der Waals surface area contributed by atoms with Crippen molar-refractivity contribution in [2.24, 2.45) is 23.7 Å². The highest BCUT2D eigenvalue weighted by Gasteiger charge is 2.34. The Morgan fingerprint density at radius 3 is 2.18 bits per heavy atom. The average Bonchev–Trinajstić information content (AvgIpc) is 3.05. The number of ether oxygens (including phenoxy) is 2. The molecule has 0 bridgehead atoms. The quantitative estimate of drug-likeness (QED) is 0.108. The third kappa shape index (κ3) is 14.0. The number of nitrogens with zero attached hydrogens (tertiary/aromatic N) is 1. The van der Waals surface area contributed by atoms with Gasteiger partial charge in [-0.2, -0.15) is 0 Å². The highest BCUT2D eigenvalue weighted by atomic mass is 16.5. The molecule has 0 N–H and O–H groups in total. The van der Waals surface area contributed by atoms with Crippen LogP contribution >= 0.6 is 0 Å². The molecule has 1 aromatic carbocycles. The van der Waals surface area contributed by atoms with Crippen molar-refractivity contribution in [1.82, 2.24) is 4.90 Å². The fourth-order valence-corrected chi connectivity index (χ4v) is 8.45. The van der Waals surface area contributed by atoms with Crippen molar-refractivity contribution in [1.29, 1.82) is 0 Å². The van der Waals surface area contributed by atoms with Crippen LogP contribution in [-0.4, -0.2) is 42.5 Å². The number of allylic oxidation sites excluding steroid dienone is 1. The van der Waals surface area contributed by atoms with E-state index in [-0.39, 0.29) is 11.4 Å². The molecule has 2 aliphatic heterocycles. The number of Topliss-reactive ketones (excluding diaryl/α,β-unsaturated/α-hetero) is 1. The van der Waals surface area contributed by atoms with Crippen LogP contribution in [0.25, 0.3) is 0 Å². The number of ketones is 1. The molecule has 49 heavy (non-hydrogen) atoms. The number of carbonyl (C=O) groups excluding carboxylic acids is 1. The second-order valence-corrected chi connectivity index (χ2v) is 17.2. The number of hydrogen-bond acceptors (Lipinski definition) is 4. The van der Waals surface area contributed by atoms with E-state index in [0.717, 1.165) is 67.5 Å². The van der Waals surface area contributed by atoms with E-state index in [1.807, 2.05) is 0 Å². The van der Waals surface area contributed by atoms with Gasteiger partial charge in [0.1, 0.15) is 17.1 Å². The van der Waals surface area contributed by atoms with E-state index in [1.165, 1.54) is 118 Å². The molecule has 0 aromatic heterocycles. The lowest BCUT2D eigenvalue weighted by Crippen LogP contribution is -2.37. The molecule has 1 saturated heterocycles. The Kier molecular flexibility index (Phi) is 17.7. The summed E-state index contributed by atoms with van der Waals surface area (Å²) in [7, 11) is 0. The first-order chi connectivity index (χ1) is 23.3. The Bertz CT molecular complexity index is 1160. The minimum atomic E-state index is -0.106. The van der Waals surface area contributed by atoms with E-state index in [4.69, 9.17) is 9.47 Å². The first-order valence-corrected chi connectivity index (χ1v) is 20.7. The third-order valence-electron chi connectivity index (χ3n) is 12.2. The minimum absolute atomic E-state index is 0.106. The zero-order valence-electron chi connectivity index (χ0n) is 33.7. The summed E-state index contributed by atoms with van der Waals surface area (Å²) >= 11 is 0. The highest BCUT2D eigenvalue weighted by Crippen LogP contribution is 2.43. The zero-order valence-corrected chi connectivity index (χ0v) is 33.7. The van der Waals surface area contributed by atoms with E-state index in [2.05, 4.69) is 73.8 Å². The highest BCUT2D eigenvalue weighted by molar-refractivity contribution is 5.82. The number of piperidine rings is 1. The number of rotatable bonds is 23. The summed E-state index contributed by atoms with van der Waals surface area (Å²) < 4.78 is 12.9. The average molecular weight is 680 g/mol. The molecular weight excluding hydrogens is 602 g/mol. The van der Waals surface area contributed by atoms with Gasteiger partial charge in [0.25, 0.3) is 0 Å². The molecule has 2 heterocycles. The molecule has 4 heteroatoms. The molecule has 0 saturated carbocycles. The number of likely N-dealkylation sites (tertiary alicyclic amines) is 1. The zero-order chi connectivity index (χ0) is 36.0. The maximum atomic E-state index is 13.2. The molecule has 280 valence electrons. The van der Waals surface area contributed by atoms with Gasteiger partial charge < -0.3 is 14.4 Å². The Morgan fingerprint density at radius 1 is 0.918 bits per heavy atom. The van der Waals surface area contributed by atoms with Gasteiger partial charge in [0.2, 0.25) is 0 Å². The largest absolute Gasteiger partial charge is 0.499 e. The second-order valence-electron chi connectivity index (χ2n) is 17.2. The standard InChI is InChI=1S/C45H77NO3/c1-11-28-46-29-23-40(24-30-46)25-31-48-36(6)20-21-41(47)32-43-37(7)38(8)44-42(39(43)9)22-27-45(10,49-44)26-14-19-35(5)18-13-17-34(4)16-12-15-33(2)3/h33-35,40H,6,11-32H2,1-5,7-10H3. The lowest BCUT2D eigenvalue weighted by Gasteiger charge is -2.38. The van der Waals surface area contributed by atoms with Gasteiger partial charge in [-0.1, -0.05) is 86.1 Å². The van der Waals surface area contributed by atoms with Crippen molar-refractivity contribution in [3.05, 3.63) is 40.2 Å². The summed E-state index contributed by atoms with van der Waals surface area (Å²) in [4.78, 5) is 15.8. The van der Waals surface area contributed by atoms with Crippen LogP contribution in [0.1, 0.15) is 172 Å². The Morgan fingerprint density at radius 2 is 1.55 bits per heavy atom. The van der Waals surface area contributed by atoms with Gasteiger partial charge in [-0.3, -0.25) is 4.79 Å². The van der Waals surface area contributed by atoms with Gasteiger partial charge >= 0.3 is 0 Å². The van der Waals surface area contributed by atoms with E-state index in [1.54, 1.807) is 0 Å². The molecule has 0 spiro atoms. The Balaban J connectivity index is 1.40. The number of carbonyl (C=O) groups is 1. The van der Waals surface area contributed by atoms with Crippen molar-refractivity contribution in [2.45, 2.75) is 183 Å². The molecular formula is C45H77NO3. The van der Waals surface area contributed by atoms with Gasteiger partial charge in [0.15, 0.2) is 0 Å². The van der Waals surface area contributed by atoms with Crippen LogP contribution in [0, 0.1) is 44.4 Å². The molecule has 1 fully saturated rings. The normalized spacial score (nSPS) is 19.8. The molecule has 0 amide bonds. The number of benzene rings is 1. The molecule has 3 rings (SSSR count). The number of fused-ring (bicyclic) bond motifs is 1. The third-order valence-corrected chi connectivity index (χ3v) is 12.2. The molecule has 1 aromatic rings. The predicted octanol–water partition coefficient (Wildman–Crippen LogP) is 12.1. The summed E-state index contributed by atoms with van der Waals surface area (Å²) in [5.74, 6) is 5.37. The summed E-state index contributed by atoms with van der Waals surface area (Å²) in [6, 6.07) is 0. The molecule has 3 unspecified atom stereocenters. The molecule has 3 atom stereocenters. The van der Waals surface area contributed by atoms with Crippen molar-refractivity contribution >= 4 is 5.78 Å². The van der Waals surface area contributed by atoms with Gasteiger partial charge in [0.05, 0.1) is 12.4 Å². The number of hydrogen-bond donors (Lipinski definition) is 0. The first kappa shape index (κ1) is 41.6. The molecule has 0 aliphatic carbocycles. The van der Waals surface area contributed by atoms with Crippen LogP contribution in [0.2, 0.25) is 0 Å². The maximum absolute atomic E-state index is 13.2. The Labute approximate surface area is 303 Å². The lowest BCUT2D eigenvalue weighted by molar-refractivity contribution is -0.118. The van der Waals surface area contributed by atoms with E-state index in [0.29, 0.717) is 19.3 Å². The van der Waals surface area contributed by atoms with Gasteiger partial charge in [-0.15, -0.1) is 0 Å². The van der Waals surface area contributed by atoms with Crippen LogP contribution < -0.4 is 4.74 Å². The molecule has 4 nitrogen and oxygen atoms in total. The monoisotopic (exact) mass is 680 g/mol. The van der Waals surface area contributed by atoms with Crippen molar-refractivity contribution in [2.75, 3.05) is 26.2 Å². The Hall–Kier alpha value is -1.81. The summed E-state index contributed by atoms with van der Waals surface area (Å²) in [6.07, 6.45) is 20.5. The summed E-state index contributed by atoms with van der Waals surface area (Å²) in [5.41, 5.74) is 6.14. The SMILES string of the molecule is C=C(CCC(=O)Cc1c(C)c(C)c2c(c1C)CCC(C)(CCCC(C)CCCC(C)CCCC(C)C)O2)OCCC1CCN(CCC)CC1. The van der Waals surface area contributed by atoms with Gasteiger partial charge in [-0.05, 0) is 150 Å². The van der Waals surface area contributed by atoms with Crippen LogP contribution in [0.3, 0.4) is 0 Å². The van der Waals surface area contributed by atoms with Gasteiger partial charge in [0, 0.05) is 19.3 Å². The summed E-state index contributed by atoms with van der Waals surface area (Å²) in [6.45, 7) is 29.3. The predicted molar refractivity (Wildman–Crippen MR) is 210 cm³/mol. The minimum Gasteiger partial charge on any atom is -0.499 e. The maximum Gasteiger partial charge on any atom is 0.137 e. The van der Waals surface area contributed by atoms with Gasteiger partial charge in [-0.25, -0.2) is 0 Å². The van der Waals surface area contributed by atoms with E-state index < -0.39 is 0 Å². The van der Waals surface area contributed by atoms with E-state index >= 15 is 0 Å². The van der Waals surface area contributed by atoms with Crippen molar-refractivity contribution in [3.63, 3.8) is 0 Å². The van der Waals surface area contributed by atoms with Crippen LogP contribution in [0.4, 0.5) is 0 Å². The lowest BCUT2D eigenvalue weighted by atomic mass is 9.81. The van der Waals surface area contributed by atoms with Crippen molar-refractivity contribution < 1.29 is 14.3 Å². The van der Waals surface area contributed by atoms with Crippen LogP contribution in [0.15, 0.2) is 12.3 Å². The fourth-order valence-electron chi connectivity index (χ4n) is 8.45. The van der Waals surface area contributed by atoms with Crippen LogP contribution in [-0.2, 0) is 22.4 Å². The van der Waals surface area contributed by atoms with Crippen molar-refractivity contribution in [3.8, 4) is 5.75 Å². The summed E-state index contributed by atoms with van der Waals surface area (Å²) in [5, 5.41) is 0. The topological polar surface area (TPSA) is 38.8 Å². The molecule has 2 aliphatic rings. The first-order valence-electron chi connectivity index (χ1n) is 20.7. The van der Waals surface area contributed by atoms with E-state index in [9.17, 15) is 4.79 Å². The fraction of sp³-hybridized carbons (Fsp3) is 0.800. The van der Waals surface area contributed by atoms with Crippen LogP contribution in [0.5, 0.6) is 5.75 Å². The second kappa shape index (κ2) is 20.9. The smallest absolute Gasteiger partial charge is 0.137 e.